The Bertz CT molecular complexity index is 872. The van der Waals surface area contributed by atoms with Crippen molar-refractivity contribution in [2.24, 2.45) is 0 Å². The molecular formula is C15H18N5O4P. The average Bonchev–Trinajstić information content (AvgIpc) is 3.08. The van der Waals surface area contributed by atoms with Gasteiger partial charge in [-0.05, 0) is 19.1 Å². The van der Waals surface area contributed by atoms with Crippen LogP contribution in [-0.2, 0) is 9.30 Å². The van der Waals surface area contributed by atoms with E-state index in [0.29, 0.717) is 29.3 Å². The van der Waals surface area contributed by atoms with Crippen molar-refractivity contribution in [3.63, 3.8) is 0 Å². The SMILES string of the molecule is C[C@H](CNc1ncnc2nc[nH]c12)OCP(=O)(O)Oc1ccccc1. The predicted octanol–water partition coefficient (Wildman–Crippen LogP) is 2.39. The van der Waals surface area contributed by atoms with E-state index in [9.17, 15) is 9.46 Å². The molecular weight excluding hydrogens is 345 g/mol. The maximum Gasteiger partial charge on any atom is 0.402 e. The van der Waals surface area contributed by atoms with Crippen LogP contribution in [0.25, 0.3) is 11.2 Å². The number of aromatic nitrogens is 4. The highest BCUT2D eigenvalue weighted by molar-refractivity contribution is 7.53. The van der Waals surface area contributed by atoms with Gasteiger partial charge in [0.15, 0.2) is 17.8 Å². The molecule has 2 heterocycles. The molecule has 0 saturated heterocycles. The lowest BCUT2D eigenvalue weighted by molar-refractivity contribution is 0.0983. The number of imidazole rings is 1. The highest BCUT2D eigenvalue weighted by Crippen LogP contribution is 2.42. The van der Waals surface area contributed by atoms with Crippen LogP contribution in [0.5, 0.6) is 5.75 Å². The Kier molecular flexibility index (Phi) is 5.28. The van der Waals surface area contributed by atoms with E-state index in [2.05, 4.69) is 25.3 Å². The number of benzene rings is 1. The highest BCUT2D eigenvalue weighted by atomic mass is 31.2. The first kappa shape index (κ1) is 17.3. The van der Waals surface area contributed by atoms with Crippen LogP contribution in [0.15, 0.2) is 43.0 Å². The molecule has 1 unspecified atom stereocenters. The molecule has 0 aliphatic rings. The lowest BCUT2D eigenvalue weighted by Crippen LogP contribution is -2.21. The molecule has 3 N–H and O–H groups in total. The quantitative estimate of drug-likeness (QED) is 0.522. The Morgan fingerprint density at radius 2 is 2.08 bits per heavy atom. The molecule has 3 rings (SSSR count). The normalized spacial score (nSPS) is 14.8. The van der Waals surface area contributed by atoms with E-state index in [-0.39, 0.29) is 6.10 Å². The zero-order chi connectivity index (χ0) is 17.7. The van der Waals surface area contributed by atoms with E-state index in [4.69, 9.17) is 9.26 Å². The summed E-state index contributed by atoms with van der Waals surface area (Å²) in [6.45, 7) is 2.16. The smallest absolute Gasteiger partial charge is 0.402 e. The van der Waals surface area contributed by atoms with Crippen LogP contribution >= 0.6 is 7.60 Å². The number of ether oxygens (including phenoxy) is 1. The van der Waals surface area contributed by atoms with Crippen molar-refractivity contribution in [3.8, 4) is 5.75 Å². The maximum atomic E-state index is 12.1. The minimum Gasteiger partial charge on any atom is -0.423 e. The molecule has 3 aromatic rings. The van der Waals surface area contributed by atoms with E-state index in [1.54, 1.807) is 37.3 Å². The Labute approximate surface area is 144 Å². The van der Waals surface area contributed by atoms with Crippen molar-refractivity contribution < 1.29 is 18.7 Å². The van der Waals surface area contributed by atoms with Gasteiger partial charge in [0, 0.05) is 6.54 Å². The fourth-order valence-electron chi connectivity index (χ4n) is 2.09. The van der Waals surface area contributed by atoms with Crippen LogP contribution in [0.1, 0.15) is 6.92 Å². The summed E-state index contributed by atoms with van der Waals surface area (Å²) in [5.41, 5.74) is 1.25. The van der Waals surface area contributed by atoms with Gasteiger partial charge < -0.3 is 24.5 Å². The molecule has 0 radical (unpaired) electrons. The number of nitrogens with zero attached hydrogens (tertiary/aromatic N) is 3. The van der Waals surface area contributed by atoms with E-state index >= 15 is 0 Å². The average molecular weight is 363 g/mol. The van der Waals surface area contributed by atoms with E-state index < -0.39 is 13.9 Å². The maximum absolute atomic E-state index is 12.1. The van der Waals surface area contributed by atoms with Crippen molar-refractivity contribution in [2.75, 3.05) is 18.2 Å². The number of rotatable bonds is 8. The summed E-state index contributed by atoms with van der Waals surface area (Å²) < 4.78 is 22.6. The topological polar surface area (TPSA) is 122 Å². The molecule has 0 amide bonds. The van der Waals surface area contributed by atoms with Gasteiger partial charge in [0.25, 0.3) is 0 Å². The number of hydrogen-bond acceptors (Lipinski definition) is 7. The highest BCUT2D eigenvalue weighted by Gasteiger charge is 2.23. The van der Waals surface area contributed by atoms with Crippen molar-refractivity contribution in [3.05, 3.63) is 43.0 Å². The predicted molar refractivity (Wildman–Crippen MR) is 92.5 cm³/mol. The van der Waals surface area contributed by atoms with Crippen molar-refractivity contribution in [2.45, 2.75) is 13.0 Å². The minimum atomic E-state index is -3.89. The molecule has 0 bridgehead atoms. The summed E-state index contributed by atoms with van der Waals surface area (Å²) in [5.74, 6) is 0.913. The molecule has 9 nitrogen and oxygen atoms in total. The van der Waals surface area contributed by atoms with Crippen LogP contribution in [0.3, 0.4) is 0 Å². The second-order valence-corrected chi connectivity index (χ2v) is 7.07. The molecule has 0 saturated carbocycles. The second kappa shape index (κ2) is 7.60. The van der Waals surface area contributed by atoms with Crippen LogP contribution in [0.2, 0.25) is 0 Å². The van der Waals surface area contributed by atoms with Crippen molar-refractivity contribution >= 4 is 24.6 Å². The number of anilines is 1. The van der Waals surface area contributed by atoms with Crippen LogP contribution in [0.4, 0.5) is 5.82 Å². The Hall–Kier alpha value is -2.48. The number of aromatic amines is 1. The van der Waals surface area contributed by atoms with Crippen molar-refractivity contribution in [1.82, 2.24) is 19.9 Å². The third kappa shape index (κ3) is 4.76. The fourth-order valence-corrected chi connectivity index (χ4v) is 3.04. The zero-order valence-electron chi connectivity index (χ0n) is 13.5. The molecule has 0 aliphatic carbocycles. The molecule has 0 fully saturated rings. The summed E-state index contributed by atoms with van der Waals surface area (Å²) in [5, 5.41) is 3.10. The van der Waals surface area contributed by atoms with E-state index in [1.165, 1.54) is 12.7 Å². The van der Waals surface area contributed by atoms with Crippen LogP contribution < -0.4 is 9.84 Å². The molecule has 132 valence electrons. The van der Waals surface area contributed by atoms with Gasteiger partial charge in [-0.3, -0.25) is 0 Å². The molecule has 10 heteroatoms. The number of hydrogen-bond donors (Lipinski definition) is 3. The van der Waals surface area contributed by atoms with Gasteiger partial charge in [-0.2, -0.15) is 0 Å². The van der Waals surface area contributed by atoms with Gasteiger partial charge in [0.2, 0.25) is 0 Å². The molecule has 0 spiro atoms. The van der Waals surface area contributed by atoms with Gasteiger partial charge in [-0.1, -0.05) is 18.2 Å². The third-order valence-corrected chi connectivity index (χ3v) is 4.26. The molecule has 2 atom stereocenters. The molecule has 2 aromatic heterocycles. The number of H-pyrrole nitrogens is 1. The van der Waals surface area contributed by atoms with E-state index in [1.807, 2.05) is 0 Å². The Morgan fingerprint density at radius 1 is 1.28 bits per heavy atom. The third-order valence-electron chi connectivity index (χ3n) is 3.29. The summed E-state index contributed by atoms with van der Waals surface area (Å²) >= 11 is 0. The first-order valence-electron chi connectivity index (χ1n) is 7.59. The zero-order valence-corrected chi connectivity index (χ0v) is 14.4. The number of fused-ring (bicyclic) bond motifs is 1. The van der Waals surface area contributed by atoms with Gasteiger partial charge in [0.1, 0.15) is 17.6 Å². The summed E-state index contributed by atoms with van der Waals surface area (Å²) in [6, 6.07) is 8.46. The van der Waals surface area contributed by atoms with Gasteiger partial charge >= 0.3 is 7.60 Å². The number of para-hydroxylation sites is 1. The van der Waals surface area contributed by atoms with Crippen LogP contribution in [0, 0.1) is 0 Å². The summed E-state index contributed by atoms with van der Waals surface area (Å²) in [7, 11) is -3.89. The van der Waals surface area contributed by atoms with Gasteiger partial charge in [-0.25, -0.2) is 19.5 Å². The Morgan fingerprint density at radius 3 is 2.88 bits per heavy atom. The Balaban J connectivity index is 1.50. The molecule has 25 heavy (non-hydrogen) atoms. The first-order valence-corrected chi connectivity index (χ1v) is 9.36. The summed E-state index contributed by atoms with van der Waals surface area (Å²) in [4.78, 5) is 25.0. The van der Waals surface area contributed by atoms with Crippen LogP contribution in [-0.4, -0.2) is 43.8 Å². The standard InChI is InChI=1S/C15H18N5O4P/c1-11(7-16-14-13-15(18-8-17-13)20-9-19-14)23-10-25(21,22)24-12-5-3-2-4-6-12/h2-6,8-9,11H,7,10H2,1H3,(H,21,22)(H2,16,17,18,19,20)/t11-/m1/s1. The minimum absolute atomic E-state index is 0.324. The molecule has 0 aliphatic heterocycles. The lowest BCUT2D eigenvalue weighted by Gasteiger charge is -2.18. The second-order valence-electron chi connectivity index (χ2n) is 5.35. The monoisotopic (exact) mass is 363 g/mol. The first-order chi connectivity index (χ1) is 12.0. The fraction of sp³-hybridized carbons (Fsp3) is 0.267. The van der Waals surface area contributed by atoms with E-state index in [0.717, 1.165) is 0 Å². The largest absolute Gasteiger partial charge is 0.423 e. The molecule has 1 aromatic carbocycles. The van der Waals surface area contributed by atoms with Crippen molar-refractivity contribution in [1.29, 1.82) is 0 Å². The number of nitrogens with one attached hydrogen (secondary N) is 2. The van der Waals surface area contributed by atoms with Gasteiger partial charge in [0.05, 0.1) is 12.4 Å². The lowest BCUT2D eigenvalue weighted by atomic mass is 10.3. The summed E-state index contributed by atoms with van der Waals surface area (Å²) in [6.07, 6.45) is 2.20. The van der Waals surface area contributed by atoms with Gasteiger partial charge in [-0.15, -0.1) is 0 Å².